The van der Waals surface area contributed by atoms with E-state index in [0.29, 0.717) is 43.7 Å². The van der Waals surface area contributed by atoms with Crippen molar-refractivity contribution < 1.29 is 19.1 Å². The molecule has 0 spiro atoms. The second-order valence-corrected chi connectivity index (χ2v) is 8.68. The molecule has 0 aromatic heterocycles. The average Bonchev–Trinajstić information content (AvgIpc) is 2.87. The number of carbonyl (C=O) groups is 3. The Balaban J connectivity index is 1.17. The standard InChI is InChI=1S/C28H30N4O4/c1-19(20-9-12-23(13-10-20)31-28(35)30-22-6-3-2-4-7-22)29-26(33)8-5-17-36-24-14-15-25-21(18-24)11-16-27(34)32-25/h2-4,6-7,9-10,12-15,18-19H,5,8,11,16-17H2,1H3,(H,29,33)(H,32,34)(H2,30,31,35). The van der Waals surface area contributed by atoms with E-state index in [4.69, 9.17) is 4.74 Å². The van der Waals surface area contributed by atoms with Crippen molar-refractivity contribution in [3.63, 3.8) is 0 Å². The fourth-order valence-electron chi connectivity index (χ4n) is 3.94. The lowest BCUT2D eigenvalue weighted by Gasteiger charge is -2.18. The third-order valence-corrected chi connectivity index (χ3v) is 5.87. The highest BCUT2D eigenvalue weighted by Gasteiger charge is 2.15. The van der Waals surface area contributed by atoms with Gasteiger partial charge in [0.25, 0.3) is 0 Å². The zero-order valence-electron chi connectivity index (χ0n) is 20.2. The molecule has 8 heteroatoms. The quantitative estimate of drug-likeness (QED) is 0.310. The van der Waals surface area contributed by atoms with E-state index in [1.165, 1.54) is 0 Å². The molecule has 1 aliphatic rings. The molecule has 8 nitrogen and oxygen atoms in total. The maximum atomic E-state index is 12.4. The second-order valence-electron chi connectivity index (χ2n) is 8.68. The maximum Gasteiger partial charge on any atom is 0.323 e. The van der Waals surface area contributed by atoms with E-state index in [0.717, 1.165) is 22.6 Å². The van der Waals surface area contributed by atoms with Crippen molar-refractivity contribution in [2.75, 3.05) is 22.6 Å². The summed E-state index contributed by atoms with van der Waals surface area (Å²) < 4.78 is 5.79. The summed E-state index contributed by atoms with van der Waals surface area (Å²) in [5.41, 5.74) is 4.22. The molecule has 1 atom stereocenters. The maximum absolute atomic E-state index is 12.4. The van der Waals surface area contributed by atoms with Crippen LogP contribution in [0.15, 0.2) is 72.8 Å². The number of fused-ring (bicyclic) bond motifs is 1. The van der Waals surface area contributed by atoms with E-state index in [-0.39, 0.29) is 23.9 Å². The van der Waals surface area contributed by atoms with Crippen molar-refractivity contribution >= 4 is 34.9 Å². The molecule has 1 aliphatic heterocycles. The molecule has 0 saturated heterocycles. The first-order valence-corrected chi connectivity index (χ1v) is 12.0. The predicted molar refractivity (Wildman–Crippen MR) is 140 cm³/mol. The van der Waals surface area contributed by atoms with Crippen LogP contribution in [-0.2, 0) is 16.0 Å². The summed E-state index contributed by atoms with van der Waals surface area (Å²) >= 11 is 0. The predicted octanol–water partition coefficient (Wildman–Crippen LogP) is 5.25. The highest BCUT2D eigenvalue weighted by atomic mass is 16.5. The number of para-hydroxylation sites is 1. The van der Waals surface area contributed by atoms with Gasteiger partial charge in [0, 0.05) is 29.9 Å². The number of carbonyl (C=O) groups excluding carboxylic acids is 3. The Morgan fingerprint density at radius 1 is 0.944 bits per heavy atom. The number of hydrogen-bond donors (Lipinski definition) is 4. The van der Waals surface area contributed by atoms with E-state index in [1.807, 2.05) is 67.6 Å². The highest BCUT2D eigenvalue weighted by molar-refractivity contribution is 5.99. The van der Waals surface area contributed by atoms with Crippen LogP contribution in [0.5, 0.6) is 5.75 Å². The minimum atomic E-state index is -0.320. The van der Waals surface area contributed by atoms with Crippen molar-refractivity contribution in [2.24, 2.45) is 0 Å². The number of ether oxygens (including phenoxy) is 1. The van der Waals surface area contributed by atoms with Crippen LogP contribution in [0.25, 0.3) is 0 Å². The van der Waals surface area contributed by atoms with Gasteiger partial charge >= 0.3 is 6.03 Å². The summed E-state index contributed by atoms with van der Waals surface area (Å²) in [4.78, 5) is 36.0. The molecule has 1 unspecified atom stereocenters. The van der Waals surface area contributed by atoms with E-state index in [2.05, 4.69) is 21.3 Å². The van der Waals surface area contributed by atoms with Gasteiger partial charge < -0.3 is 26.0 Å². The SMILES string of the molecule is CC(NC(=O)CCCOc1ccc2c(c1)CCC(=O)N2)c1ccc(NC(=O)Nc2ccccc2)cc1. The Kier molecular flexibility index (Phi) is 8.18. The Labute approximate surface area is 210 Å². The van der Waals surface area contributed by atoms with Crippen molar-refractivity contribution in [3.05, 3.63) is 83.9 Å². The summed E-state index contributed by atoms with van der Waals surface area (Å²) in [6.45, 7) is 2.35. The number of aryl methyl sites for hydroxylation is 1. The van der Waals surface area contributed by atoms with Gasteiger partial charge in [-0.2, -0.15) is 0 Å². The summed E-state index contributed by atoms with van der Waals surface area (Å²) in [5, 5.41) is 11.4. The van der Waals surface area contributed by atoms with Crippen molar-refractivity contribution in [1.29, 1.82) is 0 Å². The van der Waals surface area contributed by atoms with Gasteiger partial charge in [-0.1, -0.05) is 30.3 Å². The number of amides is 4. The van der Waals surface area contributed by atoms with E-state index in [9.17, 15) is 14.4 Å². The minimum absolute atomic E-state index is 0.0373. The van der Waals surface area contributed by atoms with Gasteiger partial charge in [0.05, 0.1) is 12.6 Å². The van der Waals surface area contributed by atoms with Crippen molar-refractivity contribution in [3.8, 4) is 5.75 Å². The molecule has 36 heavy (non-hydrogen) atoms. The zero-order valence-corrected chi connectivity index (χ0v) is 20.2. The van der Waals surface area contributed by atoms with Crippen LogP contribution in [-0.4, -0.2) is 24.5 Å². The van der Waals surface area contributed by atoms with Crippen LogP contribution in [0.1, 0.15) is 43.4 Å². The van der Waals surface area contributed by atoms with Gasteiger partial charge in [-0.3, -0.25) is 9.59 Å². The first kappa shape index (κ1) is 24.8. The first-order chi connectivity index (χ1) is 17.5. The van der Waals surface area contributed by atoms with E-state index < -0.39 is 0 Å². The molecule has 0 aliphatic carbocycles. The minimum Gasteiger partial charge on any atom is -0.494 e. The normalized spacial score (nSPS) is 13.1. The molecule has 4 rings (SSSR count). The topological polar surface area (TPSA) is 109 Å². The lowest BCUT2D eigenvalue weighted by molar-refractivity contribution is -0.122. The first-order valence-electron chi connectivity index (χ1n) is 12.0. The van der Waals surface area contributed by atoms with Gasteiger partial charge in [-0.25, -0.2) is 4.79 Å². The van der Waals surface area contributed by atoms with Crippen LogP contribution in [0.4, 0.5) is 21.9 Å². The molecule has 3 aromatic carbocycles. The van der Waals surface area contributed by atoms with Crippen LogP contribution < -0.4 is 26.0 Å². The largest absolute Gasteiger partial charge is 0.494 e. The molecule has 4 N–H and O–H groups in total. The van der Waals surface area contributed by atoms with Crippen molar-refractivity contribution in [2.45, 2.75) is 38.6 Å². The number of nitrogens with one attached hydrogen (secondary N) is 4. The molecule has 0 bridgehead atoms. The van der Waals surface area contributed by atoms with Crippen LogP contribution in [0, 0.1) is 0 Å². The lowest BCUT2D eigenvalue weighted by atomic mass is 10.0. The number of anilines is 3. The monoisotopic (exact) mass is 486 g/mol. The Morgan fingerprint density at radius 2 is 1.67 bits per heavy atom. The number of urea groups is 1. The molecule has 1 heterocycles. The van der Waals surface area contributed by atoms with Crippen LogP contribution in [0.2, 0.25) is 0 Å². The average molecular weight is 487 g/mol. The second kappa shape index (κ2) is 11.9. The fourth-order valence-corrected chi connectivity index (χ4v) is 3.94. The van der Waals surface area contributed by atoms with Gasteiger partial charge in [0.1, 0.15) is 5.75 Å². The molecular formula is C28H30N4O4. The number of rotatable bonds is 9. The van der Waals surface area contributed by atoms with Gasteiger partial charge in [0.2, 0.25) is 11.8 Å². The van der Waals surface area contributed by atoms with Crippen LogP contribution >= 0.6 is 0 Å². The Hall–Kier alpha value is -4.33. The fraction of sp³-hybridized carbons (Fsp3) is 0.250. The summed E-state index contributed by atoms with van der Waals surface area (Å²) in [5.74, 6) is 0.726. The molecule has 186 valence electrons. The molecule has 3 aromatic rings. The third kappa shape index (κ3) is 7.09. The van der Waals surface area contributed by atoms with Crippen LogP contribution in [0.3, 0.4) is 0 Å². The van der Waals surface area contributed by atoms with E-state index >= 15 is 0 Å². The Morgan fingerprint density at radius 3 is 2.42 bits per heavy atom. The van der Waals surface area contributed by atoms with E-state index in [1.54, 1.807) is 12.1 Å². The summed E-state index contributed by atoms with van der Waals surface area (Å²) in [7, 11) is 0. The van der Waals surface area contributed by atoms with Gasteiger partial charge in [-0.15, -0.1) is 0 Å². The number of hydrogen-bond acceptors (Lipinski definition) is 4. The lowest BCUT2D eigenvalue weighted by Crippen LogP contribution is -2.26. The number of benzene rings is 3. The highest BCUT2D eigenvalue weighted by Crippen LogP contribution is 2.27. The molecule has 0 radical (unpaired) electrons. The molecule has 0 saturated carbocycles. The third-order valence-electron chi connectivity index (χ3n) is 5.87. The summed E-state index contributed by atoms with van der Waals surface area (Å²) in [6.07, 6.45) is 2.13. The summed E-state index contributed by atoms with van der Waals surface area (Å²) in [6, 6.07) is 21.7. The van der Waals surface area contributed by atoms with Gasteiger partial charge in [-0.05, 0) is 73.4 Å². The molecule has 4 amide bonds. The van der Waals surface area contributed by atoms with Crippen molar-refractivity contribution in [1.82, 2.24) is 5.32 Å². The molecule has 0 fully saturated rings. The zero-order chi connectivity index (χ0) is 25.3. The smallest absolute Gasteiger partial charge is 0.323 e. The molecular weight excluding hydrogens is 456 g/mol. The van der Waals surface area contributed by atoms with Gasteiger partial charge in [0.15, 0.2) is 0 Å². The Bertz CT molecular complexity index is 1210.